The first-order valence-corrected chi connectivity index (χ1v) is 7.54. The molecule has 0 spiro atoms. The predicted molar refractivity (Wildman–Crippen MR) is 89.8 cm³/mol. The summed E-state index contributed by atoms with van der Waals surface area (Å²) >= 11 is 0. The fourth-order valence-corrected chi connectivity index (χ4v) is 3.24. The van der Waals surface area contributed by atoms with Crippen LogP contribution < -0.4 is 5.32 Å². The molecule has 0 radical (unpaired) electrons. The summed E-state index contributed by atoms with van der Waals surface area (Å²) in [5.41, 5.74) is 2.31. The molecule has 1 heterocycles. The largest absolute Gasteiger partial charge is 0.468 e. The molecule has 1 aliphatic heterocycles. The van der Waals surface area contributed by atoms with E-state index in [1.807, 2.05) is 6.08 Å². The molecule has 22 heavy (non-hydrogen) atoms. The van der Waals surface area contributed by atoms with E-state index in [1.54, 1.807) is 0 Å². The summed E-state index contributed by atoms with van der Waals surface area (Å²) in [6, 6.07) is 12.7. The molecule has 1 N–H and O–H groups in total. The van der Waals surface area contributed by atoms with Gasteiger partial charge in [-0.2, -0.15) is 0 Å². The molecular formula is C19H21NO2. The number of hydrogen-bond donors (Lipinski definition) is 1. The Morgan fingerprint density at radius 1 is 1.32 bits per heavy atom. The van der Waals surface area contributed by atoms with Gasteiger partial charge in [0.15, 0.2) is 0 Å². The van der Waals surface area contributed by atoms with Gasteiger partial charge in [0.1, 0.15) is 6.04 Å². The summed E-state index contributed by atoms with van der Waals surface area (Å²) in [5.74, 6) is -0.182. The molecule has 2 aromatic carbocycles. The lowest BCUT2D eigenvalue weighted by Crippen LogP contribution is -2.31. The number of fused-ring (bicyclic) bond motifs is 1. The molecule has 3 nitrogen and oxygen atoms in total. The summed E-state index contributed by atoms with van der Waals surface area (Å²) in [6.45, 7) is 6.80. The average Bonchev–Trinajstić information content (AvgIpc) is 2.96. The van der Waals surface area contributed by atoms with Crippen LogP contribution in [0, 0.1) is 0 Å². The summed E-state index contributed by atoms with van der Waals surface area (Å²) in [4.78, 5) is 11.7. The van der Waals surface area contributed by atoms with Crippen molar-refractivity contribution < 1.29 is 9.53 Å². The summed E-state index contributed by atoms with van der Waals surface area (Å²) in [6.07, 6.45) is 2.62. The van der Waals surface area contributed by atoms with Crippen LogP contribution in [0.1, 0.15) is 24.5 Å². The van der Waals surface area contributed by atoms with Crippen LogP contribution in [-0.2, 0) is 14.9 Å². The number of esters is 1. The average molecular weight is 295 g/mol. The van der Waals surface area contributed by atoms with E-state index >= 15 is 0 Å². The molecular weight excluding hydrogens is 274 g/mol. The fraction of sp³-hybridized carbons (Fsp3) is 0.316. The second kappa shape index (κ2) is 5.58. The van der Waals surface area contributed by atoms with Gasteiger partial charge in [0.25, 0.3) is 0 Å². The molecule has 0 bridgehead atoms. The minimum absolute atomic E-state index is 0.0583. The Bertz CT molecular complexity index is 737. The van der Waals surface area contributed by atoms with Crippen molar-refractivity contribution in [1.29, 1.82) is 0 Å². The van der Waals surface area contributed by atoms with Crippen LogP contribution in [0.3, 0.4) is 0 Å². The Labute approximate surface area is 131 Å². The summed E-state index contributed by atoms with van der Waals surface area (Å²) < 4.78 is 4.85. The lowest BCUT2D eigenvalue weighted by atomic mass is 9.79. The lowest BCUT2D eigenvalue weighted by molar-refractivity contribution is -0.142. The van der Waals surface area contributed by atoms with Crippen LogP contribution in [0.4, 0.5) is 0 Å². The molecule has 2 unspecified atom stereocenters. The smallest absolute Gasteiger partial charge is 0.322 e. The van der Waals surface area contributed by atoms with E-state index in [0.29, 0.717) is 0 Å². The number of rotatable bonds is 3. The molecule has 2 atom stereocenters. The lowest BCUT2D eigenvalue weighted by Gasteiger charge is -2.24. The van der Waals surface area contributed by atoms with E-state index in [4.69, 9.17) is 4.74 Å². The van der Waals surface area contributed by atoms with Gasteiger partial charge < -0.3 is 10.1 Å². The third-order valence-corrected chi connectivity index (χ3v) is 4.68. The van der Waals surface area contributed by atoms with E-state index in [9.17, 15) is 4.79 Å². The molecule has 3 rings (SSSR count). The first-order valence-electron chi connectivity index (χ1n) is 7.54. The van der Waals surface area contributed by atoms with E-state index in [1.165, 1.54) is 23.4 Å². The SMILES string of the molecule is C=Cc1ccc2ccc(C3(C)CNC(C(=O)OC)C3)cc2c1. The minimum atomic E-state index is -0.217. The molecule has 2 aromatic rings. The number of carbonyl (C=O) groups is 1. The van der Waals surface area contributed by atoms with Gasteiger partial charge in [-0.25, -0.2) is 0 Å². The highest BCUT2D eigenvalue weighted by Gasteiger charge is 2.39. The van der Waals surface area contributed by atoms with E-state index < -0.39 is 0 Å². The Kier molecular flexibility index (Phi) is 3.75. The second-order valence-electron chi connectivity index (χ2n) is 6.25. The predicted octanol–water partition coefficient (Wildman–Crippen LogP) is 3.28. The number of carbonyl (C=O) groups excluding carboxylic acids is 1. The number of methoxy groups -OCH3 is 1. The van der Waals surface area contributed by atoms with Gasteiger partial charge in [-0.1, -0.05) is 49.9 Å². The van der Waals surface area contributed by atoms with Gasteiger partial charge >= 0.3 is 5.97 Å². The molecule has 114 valence electrons. The van der Waals surface area contributed by atoms with Crippen molar-refractivity contribution in [3.63, 3.8) is 0 Å². The first-order chi connectivity index (χ1) is 10.6. The first kappa shape index (κ1) is 14.8. The third-order valence-electron chi connectivity index (χ3n) is 4.68. The maximum atomic E-state index is 11.7. The second-order valence-corrected chi connectivity index (χ2v) is 6.25. The molecule has 3 heteroatoms. The van der Waals surface area contributed by atoms with Gasteiger partial charge in [0.2, 0.25) is 0 Å². The summed E-state index contributed by atoms with van der Waals surface area (Å²) in [5, 5.41) is 5.70. The van der Waals surface area contributed by atoms with Crippen molar-refractivity contribution in [2.24, 2.45) is 0 Å². The van der Waals surface area contributed by atoms with Crippen LogP contribution >= 0.6 is 0 Å². The van der Waals surface area contributed by atoms with Crippen LogP contribution in [-0.4, -0.2) is 25.7 Å². The van der Waals surface area contributed by atoms with Gasteiger partial charge in [-0.15, -0.1) is 0 Å². The standard InChI is InChI=1S/C19H21NO2/c1-4-13-5-6-14-7-8-16(10-15(14)9-13)19(2)11-17(20-12-19)18(21)22-3/h4-10,17,20H,1,11-12H2,2-3H3. The highest BCUT2D eigenvalue weighted by Crippen LogP contribution is 2.35. The van der Waals surface area contributed by atoms with Crippen molar-refractivity contribution in [1.82, 2.24) is 5.32 Å². The summed E-state index contributed by atoms with van der Waals surface area (Å²) in [7, 11) is 1.44. The zero-order valence-electron chi connectivity index (χ0n) is 13.1. The van der Waals surface area contributed by atoms with Crippen molar-refractivity contribution in [3.05, 3.63) is 54.1 Å². The number of hydrogen-bond acceptors (Lipinski definition) is 3. The van der Waals surface area contributed by atoms with Crippen LogP contribution in [0.5, 0.6) is 0 Å². The van der Waals surface area contributed by atoms with Gasteiger partial charge in [-0.05, 0) is 34.4 Å². The van der Waals surface area contributed by atoms with Crippen molar-refractivity contribution >= 4 is 22.8 Å². The minimum Gasteiger partial charge on any atom is -0.468 e. The normalized spacial score (nSPS) is 24.4. The zero-order chi connectivity index (χ0) is 15.7. The Morgan fingerprint density at radius 3 is 2.82 bits per heavy atom. The number of nitrogens with one attached hydrogen (secondary N) is 1. The van der Waals surface area contributed by atoms with Crippen LogP contribution in [0.2, 0.25) is 0 Å². The monoisotopic (exact) mass is 295 g/mol. The van der Waals surface area contributed by atoms with Gasteiger partial charge in [0, 0.05) is 12.0 Å². The molecule has 0 amide bonds. The Morgan fingerprint density at radius 2 is 2.09 bits per heavy atom. The third kappa shape index (κ3) is 2.53. The molecule has 0 aromatic heterocycles. The molecule has 0 saturated carbocycles. The number of benzene rings is 2. The van der Waals surface area contributed by atoms with E-state index in [0.717, 1.165) is 18.5 Å². The van der Waals surface area contributed by atoms with E-state index in [2.05, 4.69) is 55.2 Å². The van der Waals surface area contributed by atoms with Crippen molar-refractivity contribution in [2.75, 3.05) is 13.7 Å². The van der Waals surface area contributed by atoms with Crippen molar-refractivity contribution in [3.8, 4) is 0 Å². The number of ether oxygens (including phenoxy) is 1. The fourth-order valence-electron chi connectivity index (χ4n) is 3.24. The van der Waals surface area contributed by atoms with Gasteiger partial charge in [-0.3, -0.25) is 4.79 Å². The maximum Gasteiger partial charge on any atom is 0.322 e. The Hall–Kier alpha value is -2.13. The Balaban J connectivity index is 1.96. The molecule has 1 fully saturated rings. The molecule has 1 saturated heterocycles. The topological polar surface area (TPSA) is 38.3 Å². The molecule has 0 aliphatic carbocycles. The quantitative estimate of drug-likeness (QED) is 0.883. The molecule has 1 aliphatic rings. The van der Waals surface area contributed by atoms with Crippen LogP contribution in [0.25, 0.3) is 16.8 Å². The zero-order valence-corrected chi connectivity index (χ0v) is 13.1. The van der Waals surface area contributed by atoms with Gasteiger partial charge in [0.05, 0.1) is 7.11 Å². The highest BCUT2D eigenvalue weighted by molar-refractivity contribution is 5.85. The van der Waals surface area contributed by atoms with E-state index in [-0.39, 0.29) is 17.4 Å². The van der Waals surface area contributed by atoms with Crippen molar-refractivity contribution in [2.45, 2.75) is 24.8 Å². The highest BCUT2D eigenvalue weighted by atomic mass is 16.5. The maximum absolute atomic E-state index is 11.7. The van der Waals surface area contributed by atoms with Crippen LogP contribution in [0.15, 0.2) is 43.0 Å².